The Morgan fingerprint density at radius 3 is 2.53 bits per heavy atom. The van der Waals surface area contributed by atoms with Crippen molar-refractivity contribution in [1.82, 2.24) is 10.2 Å². The van der Waals surface area contributed by atoms with Crippen molar-refractivity contribution in [3.05, 3.63) is 23.3 Å². The second-order valence-electron chi connectivity index (χ2n) is 4.94. The number of methoxy groups -OCH3 is 2. The first-order valence-corrected chi connectivity index (χ1v) is 6.89. The molecule has 1 aliphatic heterocycles. The van der Waals surface area contributed by atoms with Crippen LogP contribution in [0.3, 0.4) is 0 Å². The van der Waals surface area contributed by atoms with E-state index in [-0.39, 0.29) is 0 Å². The molecule has 1 aromatic rings. The zero-order valence-corrected chi connectivity index (χ0v) is 12.2. The standard InChI is InChI=1S/C15H24N2O2/c1-12-4-5-14(18-2)15(19-3)13(12)6-9-17-10-7-16-8-11-17/h4-5,16H,6-11H2,1-3H3. The number of aryl methyl sites for hydroxylation is 1. The van der Waals surface area contributed by atoms with Gasteiger partial charge in [0, 0.05) is 38.3 Å². The fraction of sp³-hybridized carbons (Fsp3) is 0.600. The number of piperazine rings is 1. The van der Waals surface area contributed by atoms with Gasteiger partial charge < -0.3 is 19.7 Å². The van der Waals surface area contributed by atoms with E-state index in [4.69, 9.17) is 9.47 Å². The molecule has 1 heterocycles. The maximum absolute atomic E-state index is 5.53. The normalized spacial score (nSPS) is 16.4. The molecule has 1 N–H and O–H groups in total. The van der Waals surface area contributed by atoms with Crippen LogP contribution >= 0.6 is 0 Å². The van der Waals surface area contributed by atoms with E-state index >= 15 is 0 Å². The van der Waals surface area contributed by atoms with Gasteiger partial charge in [0.2, 0.25) is 0 Å². The van der Waals surface area contributed by atoms with Crippen LogP contribution in [-0.4, -0.2) is 51.8 Å². The van der Waals surface area contributed by atoms with E-state index in [1.165, 1.54) is 11.1 Å². The van der Waals surface area contributed by atoms with E-state index < -0.39 is 0 Å². The largest absolute Gasteiger partial charge is 0.493 e. The quantitative estimate of drug-likeness (QED) is 0.873. The highest BCUT2D eigenvalue weighted by Gasteiger charge is 2.15. The Bertz CT molecular complexity index is 415. The number of rotatable bonds is 5. The van der Waals surface area contributed by atoms with Crippen LogP contribution < -0.4 is 14.8 Å². The summed E-state index contributed by atoms with van der Waals surface area (Å²) in [5, 5.41) is 3.38. The third kappa shape index (κ3) is 3.39. The Balaban J connectivity index is 2.09. The van der Waals surface area contributed by atoms with Crippen molar-refractivity contribution in [3.8, 4) is 11.5 Å². The van der Waals surface area contributed by atoms with Crippen molar-refractivity contribution in [3.63, 3.8) is 0 Å². The number of hydrogen-bond donors (Lipinski definition) is 1. The molecular formula is C15H24N2O2. The summed E-state index contributed by atoms with van der Waals surface area (Å²) in [6, 6.07) is 4.08. The first-order valence-electron chi connectivity index (χ1n) is 6.89. The average molecular weight is 264 g/mol. The molecular weight excluding hydrogens is 240 g/mol. The number of hydrogen-bond acceptors (Lipinski definition) is 4. The SMILES string of the molecule is COc1ccc(C)c(CCN2CCNCC2)c1OC. The lowest BCUT2D eigenvalue weighted by atomic mass is 10.0. The predicted molar refractivity (Wildman–Crippen MR) is 77.3 cm³/mol. The Labute approximate surface area is 115 Å². The van der Waals surface area contributed by atoms with E-state index in [0.29, 0.717) is 0 Å². The van der Waals surface area contributed by atoms with Gasteiger partial charge in [-0.3, -0.25) is 0 Å². The minimum Gasteiger partial charge on any atom is -0.493 e. The Kier molecular flexibility index (Phi) is 5.05. The monoisotopic (exact) mass is 264 g/mol. The molecule has 106 valence electrons. The van der Waals surface area contributed by atoms with Crippen LogP contribution in [0.1, 0.15) is 11.1 Å². The maximum Gasteiger partial charge on any atom is 0.164 e. The van der Waals surface area contributed by atoms with Crippen molar-refractivity contribution in [2.75, 3.05) is 46.9 Å². The molecule has 0 spiro atoms. The van der Waals surface area contributed by atoms with Gasteiger partial charge in [-0.05, 0) is 25.0 Å². The molecule has 1 aliphatic rings. The molecule has 0 aliphatic carbocycles. The van der Waals surface area contributed by atoms with Crippen molar-refractivity contribution >= 4 is 0 Å². The highest BCUT2D eigenvalue weighted by Crippen LogP contribution is 2.33. The van der Waals surface area contributed by atoms with Gasteiger partial charge in [0.05, 0.1) is 14.2 Å². The van der Waals surface area contributed by atoms with Gasteiger partial charge in [0.1, 0.15) is 0 Å². The molecule has 1 aromatic carbocycles. The topological polar surface area (TPSA) is 33.7 Å². The van der Waals surface area contributed by atoms with Crippen molar-refractivity contribution in [1.29, 1.82) is 0 Å². The molecule has 4 heteroatoms. The highest BCUT2D eigenvalue weighted by atomic mass is 16.5. The zero-order valence-electron chi connectivity index (χ0n) is 12.2. The van der Waals surface area contributed by atoms with E-state index in [1.54, 1.807) is 14.2 Å². The van der Waals surface area contributed by atoms with Crippen LogP contribution in [0.4, 0.5) is 0 Å². The summed E-state index contributed by atoms with van der Waals surface area (Å²) in [7, 11) is 3.40. The minimum atomic E-state index is 0.823. The molecule has 0 saturated carbocycles. The van der Waals surface area contributed by atoms with E-state index in [2.05, 4.69) is 23.2 Å². The summed E-state index contributed by atoms with van der Waals surface area (Å²) in [4.78, 5) is 2.49. The van der Waals surface area contributed by atoms with E-state index in [1.807, 2.05) is 6.07 Å². The summed E-state index contributed by atoms with van der Waals surface area (Å²) >= 11 is 0. The summed E-state index contributed by atoms with van der Waals surface area (Å²) in [6.07, 6.45) is 1.01. The van der Waals surface area contributed by atoms with Crippen LogP contribution in [0.5, 0.6) is 11.5 Å². The summed E-state index contributed by atoms with van der Waals surface area (Å²) in [6.45, 7) is 7.65. The molecule has 1 saturated heterocycles. The van der Waals surface area contributed by atoms with E-state index in [0.717, 1.165) is 50.6 Å². The first-order chi connectivity index (χ1) is 9.26. The second-order valence-corrected chi connectivity index (χ2v) is 4.94. The van der Waals surface area contributed by atoms with Crippen molar-refractivity contribution in [2.24, 2.45) is 0 Å². The van der Waals surface area contributed by atoms with Crippen molar-refractivity contribution in [2.45, 2.75) is 13.3 Å². The van der Waals surface area contributed by atoms with Gasteiger partial charge >= 0.3 is 0 Å². The van der Waals surface area contributed by atoms with Gasteiger partial charge in [0.15, 0.2) is 11.5 Å². The van der Waals surface area contributed by atoms with Crippen molar-refractivity contribution < 1.29 is 9.47 Å². The number of benzene rings is 1. The third-order valence-corrected chi connectivity index (χ3v) is 3.77. The molecule has 2 rings (SSSR count). The first kappa shape index (κ1) is 14.2. The Hall–Kier alpha value is -1.26. The lowest BCUT2D eigenvalue weighted by molar-refractivity contribution is 0.242. The molecule has 0 radical (unpaired) electrons. The van der Waals surface area contributed by atoms with Crippen LogP contribution in [0.2, 0.25) is 0 Å². The summed E-state index contributed by atoms with van der Waals surface area (Å²) < 4.78 is 10.9. The predicted octanol–water partition coefficient (Wildman–Crippen LogP) is 1.46. The molecule has 0 aromatic heterocycles. The molecule has 0 bridgehead atoms. The summed E-state index contributed by atoms with van der Waals surface area (Å²) in [5.41, 5.74) is 2.54. The Morgan fingerprint density at radius 1 is 1.16 bits per heavy atom. The smallest absolute Gasteiger partial charge is 0.164 e. The van der Waals surface area contributed by atoms with Crippen LogP contribution in [0.25, 0.3) is 0 Å². The highest BCUT2D eigenvalue weighted by molar-refractivity contribution is 5.50. The fourth-order valence-corrected chi connectivity index (χ4v) is 2.60. The van der Waals surface area contributed by atoms with Gasteiger partial charge in [-0.25, -0.2) is 0 Å². The molecule has 0 amide bonds. The van der Waals surface area contributed by atoms with Gasteiger partial charge in [0.25, 0.3) is 0 Å². The van der Waals surface area contributed by atoms with Gasteiger partial charge in [-0.1, -0.05) is 6.07 Å². The average Bonchev–Trinajstić information content (AvgIpc) is 2.46. The molecule has 19 heavy (non-hydrogen) atoms. The minimum absolute atomic E-state index is 0.823. The lowest BCUT2D eigenvalue weighted by Crippen LogP contribution is -2.44. The molecule has 4 nitrogen and oxygen atoms in total. The van der Waals surface area contributed by atoms with Crippen LogP contribution in [0, 0.1) is 6.92 Å². The van der Waals surface area contributed by atoms with E-state index in [9.17, 15) is 0 Å². The second kappa shape index (κ2) is 6.78. The third-order valence-electron chi connectivity index (χ3n) is 3.77. The Morgan fingerprint density at radius 2 is 1.89 bits per heavy atom. The zero-order chi connectivity index (χ0) is 13.7. The lowest BCUT2D eigenvalue weighted by Gasteiger charge is -2.27. The number of nitrogens with one attached hydrogen (secondary N) is 1. The maximum atomic E-state index is 5.53. The fourth-order valence-electron chi connectivity index (χ4n) is 2.60. The number of ether oxygens (including phenoxy) is 2. The molecule has 1 fully saturated rings. The number of nitrogens with zero attached hydrogens (tertiary/aromatic N) is 1. The van der Waals surface area contributed by atoms with Gasteiger partial charge in [-0.2, -0.15) is 0 Å². The molecule has 0 unspecified atom stereocenters. The van der Waals surface area contributed by atoms with Crippen LogP contribution in [0.15, 0.2) is 12.1 Å². The van der Waals surface area contributed by atoms with Crippen LogP contribution in [-0.2, 0) is 6.42 Å². The molecule has 0 atom stereocenters. The van der Waals surface area contributed by atoms with Gasteiger partial charge in [-0.15, -0.1) is 0 Å². The summed E-state index contributed by atoms with van der Waals surface area (Å²) in [5.74, 6) is 1.71.